The van der Waals surface area contributed by atoms with Crippen molar-refractivity contribution in [2.24, 2.45) is 0 Å². The lowest BCUT2D eigenvalue weighted by atomic mass is 10.1. The average Bonchev–Trinajstić information content (AvgIpc) is 2.82. The number of anilines is 1. The molecule has 1 atom stereocenters. The molecule has 0 aromatic heterocycles. The van der Waals surface area contributed by atoms with Gasteiger partial charge in [-0.2, -0.15) is 13.2 Å². The van der Waals surface area contributed by atoms with Crippen molar-refractivity contribution < 1.29 is 18.0 Å². The molecule has 1 unspecified atom stereocenters. The molecule has 3 nitrogen and oxygen atoms in total. The predicted octanol–water partition coefficient (Wildman–Crippen LogP) is 3.37. The third-order valence-electron chi connectivity index (χ3n) is 3.66. The molecular weight excluding hydrogens is 269 g/mol. The Morgan fingerprint density at radius 1 is 1.40 bits per heavy atom. The lowest BCUT2D eigenvalue weighted by Crippen LogP contribution is -2.33. The molecule has 6 heteroatoms. The lowest BCUT2D eigenvalue weighted by Gasteiger charge is -2.22. The summed E-state index contributed by atoms with van der Waals surface area (Å²) >= 11 is 0. The summed E-state index contributed by atoms with van der Waals surface area (Å²) in [5, 5.41) is 2.50. The summed E-state index contributed by atoms with van der Waals surface area (Å²) in [6.45, 7) is 2.52. The topological polar surface area (TPSA) is 32.3 Å². The first-order valence-electron chi connectivity index (χ1n) is 6.54. The quantitative estimate of drug-likeness (QED) is 0.904. The highest BCUT2D eigenvalue weighted by Crippen LogP contribution is 2.35. The molecule has 0 aliphatic carbocycles. The summed E-state index contributed by atoms with van der Waals surface area (Å²) in [5.74, 6) is -0.330. The van der Waals surface area contributed by atoms with E-state index in [0.717, 1.165) is 18.9 Å². The Kier molecular flexibility index (Phi) is 3.92. The standard InChI is InChI=1S/C14H17F3N2O/c1-9-4-3-7-19(9)13(20)10-5-6-12(18-2)11(8-10)14(15,16)17/h5-6,8-9,18H,3-4,7H2,1-2H3. The van der Waals surface area contributed by atoms with E-state index in [2.05, 4.69) is 5.32 Å². The first-order valence-corrected chi connectivity index (χ1v) is 6.54. The van der Waals surface area contributed by atoms with Crippen LogP contribution in [0.5, 0.6) is 0 Å². The minimum Gasteiger partial charge on any atom is -0.388 e. The summed E-state index contributed by atoms with van der Waals surface area (Å²) in [6.07, 6.45) is -2.69. The van der Waals surface area contributed by atoms with Gasteiger partial charge in [-0.05, 0) is 38.0 Å². The van der Waals surface area contributed by atoms with Gasteiger partial charge in [-0.25, -0.2) is 0 Å². The highest BCUT2D eigenvalue weighted by atomic mass is 19.4. The maximum atomic E-state index is 13.0. The summed E-state index contributed by atoms with van der Waals surface area (Å²) in [7, 11) is 1.43. The van der Waals surface area contributed by atoms with Gasteiger partial charge < -0.3 is 10.2 Å². The molecule has 1 fully saturated rings. The Morgan fingerprint density at radius 2 is 2.10 bits per heavy atom. The van der Waals surface area contributed by atoms with Crippen molar-refractivity contribution in [3.63, 3.8) is 0 Å². The number of hydrogen-bond donors (Lipinski definition) is 1. The van der Waals surface area contributed by atoms with E-state index in [9.17, 15) is 18.0 Å². The van der Waals surface area contributed by atoms with Crippen LogP contribution in [0, 0.1) is 0 Å². The van der Waals surface area contributed by atoms with Gasteiger partial charge in [0.1, 0.15) is 0 Å². The lowest BCUT2D eigenvalue weighted by molar-refractivity contribution is -0.136. The van der Waals surface area contributed by atoms with E-state index in [4.69, 9.17) is 0 Å². The van der Waals surface area contributed by atoms with Crippen LogP contribution in [0.15, 0.2) is 18.2 Å². The number of amides is 1. The third-order valence-corrected chi connectivity index (χ3v) is 3.66. The zero-order chi connectivity index (χ0) is 14.9. The first kappa shape index (κ1) is 14.7. The van der Waals surface area contributed by atoms with Gasteiger partial charge in [0, 0.05) is 30.9 Å². The Bertz CT molecular complexity index is 514. The van der Waals surface area contributed by atoms with E-state index in [0.29, 0.717) is 6.54 Å². The van der Waals surface area contributed by atoms with Crippen molar-refractivity contribution in [2.45, 2.75) is 32.0 Å². The summed E-state index contributed by atoms with van der Waals surface area (Å²) < 4.78 is 38.9. The highest BCUT2D eigenvalue weighted by molar-refractivity contribution is 5.95. The Hall–Kier alpha value is -1.72. The van der Waals surface area contributed by atoms with Crippen LogP contribution in [-0.2, 0) is 6.18 Å². The van der Waals surface area contributed by atoms with Crippen molar-refractivity contribution in [1.29, 1.82) is 0 Å². The van der Waals surface area contributed by atoms with Crippen LogP contribution in [0.4, 0.5) is 18.9 Å². The van der Waals surface area contributed by atoms with Crippen molar-refractivity contribution in [3.8, 4) is 0 Å². The molecule has 1 aromatic carbocycles. The fraction of sp³-hybridized carbons (Fsp3) is 0.500. The van der Waals surface area contributed by atoms with E-state index >= 15 is 0 Å². The van der Waals surface area contributed by atoms with Gasteiger partial charge in [0.25, 0.3) is 5.91 Å². The maximum absolute atomic E-state index is 13.0. The number of benzene rings is 1. The zero-order valence-corrected chi connectivity index (χ0v) is 11.4. The Labute approximate surface area is 115 Å². The Balaban J connectivity index is 2.36. The molecule has 2 rings (SSSR count). The fourth-order valence-electron chi connectivity index (χ4n) is 2.53. The van der Waals surface area contributed by atoms with Crippen molar-refractivity contribution in [1.82, 2.24) is 4.90 Å². The molecular formula is C14H17F3N2O. The van der Waals surface area contributed by atoms with Crippen LogP contribution < -0.4 is 5.32 Å². The summed E-state index contributed by atoms with van der Waals surface area (Å²) in [4.78, 5) is 13.9. The van der Waals surface area contributed by atoms with Crippen molar-refractivity contribution in [3.05, 3.63) is 29.3 Å². The minimum absolute atomic E-state index is 0.0245. The molecule has 1 N–H and O–H groups in total. The van der Waals surface area contributed by atoms with E-state index in [1.807, 2.05) is 6.92 Å². The number of likely N-dealkylation sites (tertiary alicyclic amines) is 1. The normalized spacial score (nSPS) is 19.2. The van der Waals surface area contributed by atoms with Crippen LogP contribution >= 0.6 is 0 Å². The first-order chi connectivity index (χ1) is 9.34. The monoisotopic (exact) mass is 286 g/mol. The van der Waals surface area contributed by atoms with Crippen molar-refractivity contribution in [2.75, 3.05) is 18.9 Å². The van der Waals surface area contributed by atoms with Crippen LogP contribution in [0.3, 0.4) is 0 Å². The van der Waals surface area contributed by atoms with Crippen LogP contribution in [0.1, 0.15) is 35.7 Å². The predicted molar refractivity (Wildman–Crippen MR) is 70.7 cm³/mol. The molecule has 20 heavy (non-hydrogen) atoms. The van der Waals surface area contributed by atoms with E-state index in [1.54, 1.807) is 4.90 Å². The third kappa shape index (κ3) is 2.73. The molecule has 0 spiro atoms. The van der Waals surface area contributed by atoms with E-state index in [-0.39, 0.29) is 23.2 Å². The SMILES string of the molecule is CNc1ccc(C(=O)N2CCCC2C)cc1C(F)(F)F. The number of carbonyl (C=O) groups excluding carboxylic acids is 1. The maximum Gasteiger partial charge on any atom is 0.418 e. The van der Waals surface area contributed by atoms with Crippen LogP contribution in [-0.4, -0.2) is 30.4 Å². The van der Waals surface area contributed by atoms with Gasteiger partial charge in [0.05, 0.1) is 5.56 Å². The summed E-state index contributed by atoms with van der Waals surface area (Å²) in [5.41, 5.74) is -0.744. The zero-order valence-electron chi connectivity index (χ0n) is 11.4. The number of carbonyl (C=O) groups is 1. The number of alkyl halides is 3. The van der Waals surface area contributed by atoms with Gasteiger partial charge in [-0.3, -0.25) is 4.79 Å². The fourth-order valence-corrected chi connectivity index (χ4v) is 2.53. The van der Waals surface area contributed by atoms with Crippen LogP contribution in [0.25, 0.3) is 0 Å². The molecule has 1 amide bonds. The van der Waals surface area contributed by atoms with Gasteiger partial charge in [-0.1, -0.05) is 0 Å². The van der Waals surface area contributed by atoms with Crippen LogP contribution in [0.2, 0.25) is 0 Å². The van der Waals surface area contributed by atoms with Gasteiger partial charge in [0.2, 0.25) is 0 Å². The number of nitrogens with one attached hydrogen (secondary N) is 1. The van der Waals surface area contributed by atoms with Gasteiger partial charge >= 0.3 is 6.18 Å². The molecule has 0 radical (unpaired) electrons. The molecule has 1 heterocycles. The molecule has 1 saturated heterocycles. The molecule has 0 bridgehead atoms. The smallest absolute Gasteiger partial charge is 0.388 e. The van der Waals surface area contributed by atoms with E-state index < -0.39 is 11.7 Å². The second kappa shape index (κ2) is 5.34. The number of halogens is 3. The molecule has 1 aliphatic heterocycles. The Morgan fingerprint density at radius 3 is 2.60 bits per heavy atom. The van der Waals surface area contributed by atoms with Crippen molar-refractivity contribution >= 4 is 11.6 Å². The molecule has 0 saturated carbocycles. The highest BCUT2D eigenvalue weighted by Gasteiger charge is 2.35. The largest absolute Gasteiger partial charge is 0.418 e. The number of hydrogen-bond acceptors (Lipinski definition) is 2. The van der Waals surface area contributed by atoms with Gasteiger partial charge in [-0.15, -0.1) is 0 Å². The molecule has 1 aliphatic rings. The van der Waals surface area contributed by atoms with Gasteiger partial charge in [0.15, 0.2) is 0 Å². The minimum atomic E-state index is -4.48. The molecule has 1 aromatic rings. The number of nitrogens with zero attached hydrogens (tertiary/aromatic N) is 1. The second-order valence-corrected chi connectivity index (χ2v) is 5.00. The number of rotatable bonds is 2. The average molecular weight is 286 g/mol. The second-order valence-electron chi connectivity index (χ2n) is 5.00. The summed E-state index contributed by atoms with van der Waals surface area (Å²) in [6, 6.07) is 3.76. The van der Waals surface area contributed by atoms with E-state index in [1.165, 1.54) is 19.2 Å². The molecule has 110 valence electrons.